The van der Waals surface area contributed by atoms with Crippen molar-refractivity contribution < 1.29 is 18.6 Å². The quantitative estimate of drug-likeness (QED) is 0.657. The average molecular weight is 268 g/mol. The summed E-state index contributed by atoms with van der Waals surface area (Å²) in [4.78, 5) is 3.99. The summed E-state index contributed by atoms with van der Waals surface area (Å²) < 4.78 is 1.10. The van der Waals surface area contributed by atoms with Crippen LogP contribution < -0.4 is 4.25 Å². The number of nitrogens with zero attached hydrogens (tertiary/aromatic N) is 1. The van der Waals surface area contributed by atoms with Crippen molar-refractivity contribution >= 4 is 4.25 Å². The van der Waals surface area contributed by atoms with E-state index in [9.17, 15) is 0 Å². The van der Waals surface area contributed by atoms with Crippen molar-refractivity contribution in [1.82, 2.24) is 4.98 Å². The predicted octanol–water partition coefficient (Wildman–Crippen LogP) is 0.254. The topological polar surface area (TPSA) is 12.9 Å². The van der Waals surface area contributed by atoms with E-state index >= 15 is 0 Å². The zero-order chi connectivity index (χ0) is 5.11. The van der Waals surface area contributed by atoms with Gasteiger partial charge in [-0.25, -0.2) is 0 Å². The summed E-state index contributed by atoms with van der Waals surface area (Å²) in [5, 5.41) is 0. The van der Waals surface area contributed by atoms with Gasteiger partial charge >= 0.3 is 52.2 Å². The van der Waals surface area contributed by atoms with Gasteiger partial charge in [0.15, 0.2) is 0 Å². The van der Waals surface area contributed by atoms with Gasteiger partial charge in [0.1, 0.15) is 0 Å². The van der Waals surface area contributed by atoms with E-state index in [0.717, 1.165) is 4.25 Å². The minimum absolute atomic E-state index is 1.10. The van der Waals surface area contributed by atoms with E-state index in [2.05, 4.69) is 4.98 Å². The second-order valence-electron chi connectivity index (χ2n) is 1.14. The zero-order valence-electron chi connectivity index (χ0n) is 3.61. The summed E-state index contributed by atoms with van der Waals surface area (Å²) in [7, 11) is 0. The molecule has 0 radical (unpaired) electrons. The molecule has 0 aromatic carbocycles. The van der Waals surface area contributed by atoms with Crippen LogP contribution in [0.2, 0.25) is 0 Å². The third-order valence-corrected chi connectivity index (χ3v) is 1.37. The molecule has 1 nitrogen and oxygen atoms in total. The Morgan fingerprint density at radius 2 is 2.29 bits per heavy atom. The third kappa shape index (κ3) is 1.37. The van der Waals surface area contributed by atoms with Crippen LogP contribution in [0, 0.1) is 0 Å². The van der Waals surface area contributed by atoms with Gasteiger partial charge < -0.3 is 0 Å². The summed E-state index contributed by atoms with van der Waals surface area (Å²) in [6.45, 7) is 0. The first-order chi connectivity index (χ1) is 3.39. The van der Waals surface area contributed by atoms with Gasteiger partial charge in [0.05, 0.1) is 0 Å². The molecule has 0 atom stereocenters. The average Bonchev–Trinajstić information content (AvgIpc) is 1.69. The van der Waals surface area contributed by atoms with Crippen LogP contribution in [0.4, 0.5) is 0 Å². The van der Waals surface area contributed by atoms with E-state index in [0.29, 0.717) is 0 Å². The Hall–Kier alpha value is -0.214. The molecular formula is C5H4NOs. The summed E-state index contributed by atoms with van der Waals surface area (Å²) in [6, 6.07) is 5.88. The normalized spacial score (nSPS) is 8.71. The number of hydrogen-bond donors (Lipinski definition) is 0. The van der Waals surface area contributed by atoms with Crippen LogP contribution in [0.1, 0.15) is 0 Å². The van der Waals surface area contributed by atoms with E-state index < -0.39 is 0 Å². The molecule has 0 saturated carbocycles. The van der Waals surface area contributed by atoms with Crippen molar-refractivity contribution in [2.45, 2.75) is 0 Å². The van der Waals surface area contributed by atoms with Crippen molar-refractivity contribution in [1.29, 1.82) is 0 Å². The van der Waals surface area contributed by atoms with Gasteiger partial charge in [-0.1, -0.05) is 0 Å². The minimum atomic E-state index is 1.10. The summed E-state index contributed by atoms with van der Waals surface area (Å²) >= 11 is 1.79. The maximum absolute atomic E-state index is 3.99. The number of rotatable bonds is 0. The van der Waals surface area contributed by atoms with Crippen molar-refractivity contribution in [3.05, 3.63) is 24.4 Å². The first-order valence-corrected chi connectivity index (χ1v) is 3.22. The summed E-state index contributed by atoms with van der Waals surface area (Å²) in [5.74, 6) is 0. The van der Waals surface area contributed by atoms with Crippen LogP contribution in [0.15, 0.2) is 24.4 Å². The Bertz CT molecular complexity index is 138. The Morgan fingerprint density at radius 3 is 2.57 bits per heavy atom. The fourth-order valence-corrected chi connectivity index (χ4v) is 0.772. The van der Waals surface area contributed by atoms with Crippen LogP contribution in [0.5, 0.6) is 0 Å². The van der Waals surface area contributed by atoms with E-state index in [4.69, 9.17) is 0 Å². The third-order valence-electron chi connectivity index (χ3n) is 0.622. The Balaban J connectivity index is 3.02. The van der Waals surface area contributed by atoms with Gasteiger partial charge in [0, 0.05) is 0 Å². The molecular weight excluding hydrogens is 264 g/mol. The maximum atomic E-state index is 3.99. The van der Waals surface area contributed by atoms with Crippen LogP contribution in [0.25, 0.3) is 0 Å². The van der Waals surface area contributed by atoms with Gasteiger partial charge in [0.25, 0.3) is 0 Å². The molecule has 1 aromatic rings. The molecule has 0 amide bonds. The van der Waals surface area contributed by atoms with Crippen LogP contribution in [-0.2, 0) is 18.6 Å². The van der Waals surface area contributed by atoms with Gasteiger partial charge in [-0.2, -0.15) is 0 Å². The molecule has 0 bridgehead atoms. The van der Waals surface area contributed by atoms with E-state index in [-0.39, 0.29) is 0 Å². The number of hydrogen-bond acceptors (Lipinski definition) is 1. The SMILES string of the molecule is [Os][c]1ccccn1. The standard InChI is InChI=1S/C5H4N.Os/c1-2-4-6-5-3-1;/h1-4H;. The molecule has 0 unspecified atom stereocenters. The Kier molecular flexibility index (Phi) is 1.54. The summed E-state index contributed by atoms with van der Waals surface area (Å²) in [5.41, 5.74) is 0. The monoisotopic (exact) mass is 270 g/mol. The van der Waals surface area contributed by atoms with Crippen molar-refractivity contribution in [3.63, 3.8) is 0 Å². The van der Waals surface area contributed by atoms with Crippen molar-refractivity contribution in [2.75, 3.05) is 0 Å². The molecule has 0 saturated heterocycles. The number of pyridine rings is 1. The zero-order valence-corrected chi connectivity index (χ0v) is 6.15. The molecule has 0 aliphatic heterocycles. The molecule has 0 N–H and O–H groups in total. The second kappa shape index (κ2) is 2.19. The molecule has 1 aromatic heterocycles. The van der Waals surface area contributed by atoms with Crippen molar-refractivity contribution in [2.24, 2.45) is 0 Å². The Morgan fingerprint density at radius 1 is 1.43 bits per heavy atom. The van der Waals surface area contributed by atoms with Gasteiger partial charge in [-0.3, -0.25) is 0 Å². The van der Waals surface area contributed by atoms with Gasteiger partial charge in [-0.15, -0.1) is 0 Å². The summed E-state index contributed by atoms with van der Waals surface area (Å²) in [6.07, 6.45) is 1.79. The van der Waals surface area contributed by atoms with Gasteiger partial charge in [-0.05, 0) is 0 Å². The fraction of sp³-hybridized carbons (Fsp3) is 0. The fourth-order valence-electron chi connectivity index (χ4n) is 0.338. The van der Waals surface area contributed by atoms with Gasteiger partial charge in [0.2, 0.25) is 0 Å². The first kappa shape index (κ1) is 4.93. The van der Waals surface area contributed by atoms with Crippen LogP contribution in [0.3, 0.4) is 0 Å². The van der Waals surface area contributed by atoms with Crippen LogP contribution >= 0.6 is 0 Å². The Labute approximate surface area is 52.7 Å². The molecule has 0 spiro atoms. The van der Waals surface area contributed by atoms with Crippen molar-refractivity contribution in [3.8, 4) is 0 Å². The predicted molar refractivity (Wildman–Crippen MR) is 23.9 cm³/mol. The molecule has 1 heterocycles. The molecule has 0 aliphatic rings. The van der Waals surface area contributed by atoms with Crippen LogP contribution in [-0.4, -0.2) is 4.98 Å². The van der Waals surface area contributed by atoms with E-state index in [1.54, 1.807) is 24.8 Å². The molecule has 7 heavy (non-hydrogen) atoms. The molecule has 1 rings (SSSR count). The molecule has 0 aliphatic carbocycles. The molecule has 37 valence electrons. The number of aromatic nitrogens is 1. The molecule has 2 heteroatoms. The van der Waals surface area contributed by atoms with E-state index in [1.807, 2.05) is 18.2 Å². The first-order valence-electron chi connectivity index (χ1n) is 1.95. The second-order valence-corrected chi connectivity index (χ2v) is 2.44. The van der Waals surface area contributed by atoms with E-state index in [1.165, 1.54) is 0 Å². The molecule has 0 fully saturated rings.